The van der Waals surface area contributed by atoms with Crippen LogP contribution in [0, 0.1) is 5.82 Å². The molecule has 0 aromatic heterocycles. The number of aliphatic hydroxyl groups excluding tert-OH is 1. The van der Waals surface area contributed by atoms with Crippen molar-refractivity contribution in [3.8, 4) is 0 Å². The highest BCUT2D eigenvalue weighted by Crippen LogP contribution is 2.40. The van der Waals surface area contributed by atoms with E-state index < -0.39 is 23.5 Å². The van der Waals surface area contributed by atoms with Crippen LogP contribution in [0.4, 0.5) is 4.39 Å². The van der Waals surface area contributed by atoms with Gasteiger partial charge in [0.25, 0.3) is 11.7 Å². The average Bonchev–Trinajstić information content (AvgIpc) is 2.89. The number of hydrogen-bond acceptors (Lipinski definition) is 3. The van der Waals surface area contributed by atoms with Crippen LogP contribution in [0.3, 0.4) is 0 Å². The van der Waals surface area contributed by atoms with Gasteiger partial charge in [0.15, 0.2) is 0 Å². The van der Waals surface area contributed by atoms with Crippen LogP contribution in [-0.2, 0) is 9.59 Å². The monoisotopic (exact) mass is 407 g/mol. The Bertz CT molecular complexity index is 941. The molecular formula is C20H16Cl2FNO3. The summed E-state index contributed by atoms with van der Waals surface area (Å²) in [5, 5.41) is 11.4. The summed E-state index contributed by atoms with van der Waals surface area (Å²) in [5.41, 5.74) is 0.745. The van der Waals surface area contributed by atoms with Crippen molar-refractivity contribution in [2.24, 2.45) is 0 Å². The highest BCUT2D eigenvalue weighted by molar-refractivity contribution is 6.46. The number of ketones is 1. The Kier molecular flexibility index (Phi) is 5.53. The van der Waals surface area contributed by atoms with Gasteiger partial charge in [0.05, 0.1) is 21.7 Å². The van der Waals surface area contributed by atoms with Crippen LogP contribution in [0.5, 0.6) is 0 Å². The Balaban J connectivity index is 2.20. The van der Waals surface area contributed by atoms with E-state index in [1.54, 1.807) is 18.2 Å². The summed E-state index contributed by atoms with van der Waals surface area (Å²) in [6.45, 7) is 2.21. The number of rotatable bonds is 4. The van der Waals surface area contributed by atoms with Gasteiger partial charge in [0.2, 0.25) is 0 Å². The van der Waals surface area contributed by atoms with E-state index >= 15 is 0 Å². The standard InChI is InChI=1S/C20H16Cl2FNO3/c1-2-9-24-17(12-5-8-14(21)15(22)10-12)16(19(26)20(24)27)18(25)11-3-6-13(23)7-4-11/h3-8,10,17,25H,2,9H2,1H3/b18-16-. The van der Waals surface area contributed by atoms with E-state index in [1.165, 1.54) is 29.2 Å². The van der Waals surface area contributed by atoms with Crippen molar-refractivity contribution in [3.63, 3.8) is 0 Å². The molecule has 0 aliphatic carbocycles. The lowest BCUT2D eigenvalue weighted by Gasteiger charge is -2.25. The van der Waals surface area contributed by atoms with Crippen LogP contribution in [0.15, 0.2) is 48.0 Å². The Morgan fingerprint density at radius 2 is 1.78 bits per heavy atom. The minimum Gasteiger partial charge on any atom is -0.507 e. The fourth-order valence-electron chi connectivity index (χ4n) is 3.14. The minimum absolute atomic E-state index is 0.0570. The SMILES string of the molecule is CCCN1C(=O)C(=O)/C(=C(\O)c2ccc(F)cc2)C1c1ccc(Cl)c(Cl)c1. The number of Topliss-reactive ketones (excluding diaryl/α,β-unsaturated/α-hetero) is 1. The number of amides is 1. The maximum absolute atomic E-state index is 13.2. The third kappa shape index (κ3) is 3.57. The number of halogens is 3. The van der Waals surface area contributed by atoms with Gasteiger partial charge in [-0.2, -0.15) is 0 Å². The fourth-order valence-corrected chi connectivity index (χ4v) is 3.45. The Hall–Kier alpha value is -2.37. The van der Waals surface area contributed by atoms with Crippen molar-refractivity contribution < 1.29 is 19.1 Å². The van der Waals surface area contributed by atoms with Gasteiger partial charge in [-0.25, -0.2) is 4.39 Å². The molecule has 2 aromatic carbocycles. The van der Waals surface area contributed by atoms with Gasteiger partial charge in [-0.1, -0.05) is 36.2 Å². The summed E-state index contributed by atoms with van der Waals surface area (Å²) >= 11 is 12.1. The zero-order valence-corrected chi connectivity index (χ0v) is 15.9. The van der Waals surface area contributed by atoms with E-state index in [0.717, 1.165) is 0 Å². The Labute approximate surface area is 165 Å². The van der Waals surface area contributed by atoms with Gasteiger partial charge >= 0.3 is 0 Å². The van der Waals surface area contributed by atoms with E-state index in [9.17, 15) is 19.1 Å². The normalized spacial score (nSPS) is 19.0. The highest BCUT2D eigenvalue weighted by atomic mass is 35.5. The molecule has 4 nitrogen and oxygen atoms in total. The smallest absolute Gasteiger partial charge is 0.295 e. The predicted molar refractivity (Wildman–Crippen MR) is 102 cm³/mol. The van der Waals surface area contributed by atoms with E-state index in [2.05, 4.69) is 0 Å². The number of benzene rings is 2. The summed E-state index contributed by atoms with van der Waals surface area (Å²) in [6, 6.07) is 9.05. The van der Waals surface area contributed by atoms with Crippen LogP contribution >= 0.6 is 23.2 Å². The Morgan fingerprint density at radius 3 is 2.37 bits per heavy atom. The second kappa shape index (κ2) is 7.71. The quantitative estimate of drug-likeness (QED) is 0.442. The molecule has 0 bridgehead atoms. The summed E-state index contributed by atoms with van der Waals surface area (Å²) in [7, 11) is 0. The second-order valence-electron chi connectivity index (χ2n) is 6.17. The number of aliphatic hydroxyl groups is 1. The first kappa shape index (κ1) is 19.4. The Morgan fingerprint density at radius 1 is 1.11 bits per heavy atom. The lowest BCUT2D eigenvalue weighted by molar-refractivity contribution is -0.139. The average molecular weight is 408 g/mol. The summed E-state index contributed by atoms with van der Waals surface area (Å²) < 4.78 is 13.2. The lowest BCUT2D eigenvalue weighted by Crippen LogP contribution is -2.30. The molecule has 3 rings (SSSR count). The molecule has 1 N–H and O–H groups in total. The number of hydrogen-bond donors (Lipinski definition) is 1. The maximum Gasteiger partial charge on any atom is 0.295 e. The van der Waals surface area contributed by atoms with Crippen LogP contribution in [0.1, 0.15) is 30.5 Å². The van der Waals surface area contributed by atoms with Gasteiger partial charge in [-0.15, -0.1) is 0 Å². The number of carbonyl (C=O) groups is 2. The third-order valence-electron chi connectivity index (χ3n) is 4.38. The van der Waals surface area contributed by atoms with Gasteiger partial charge in [0.1, 0.15) is 11.6 Å². The molecule has 7 heteroatoms. The molecule has 1 heterocycles. The number of carbonyl (C=O) groups excluding carboxylic acids is 2. The summed E-state index contributed by atoms with van der Waals surface area (Å²) in [6.07, 6.45) is 0.626. The van der Waals surface area contributed by atoms with Crippen molar-refractivity contribution in [3.05, 3.63) is 75.0 Å². The largest absolute Gasteiger partial charge is 0.507 e. The molecule has 0 radical (unpaired) electrons. The van der Waals surface area contributed by atoms with E-state index in [0.29, 0.717) is 23.6 Å². The van der Waals surface area contributed by atoms with Crippen LogP contribution in [0.2, 0.25) is 10.0 Å². The fraction of sp³-hybridized carbons (Fsp3) is 0.200. The third-order valence-corrected chi connectivity index (χ3v) is 5.12. The number of likely N-dealkylation sites (tertiary alicyclic amines) is 1. The maximum atomic E-state index is 13.2. The van der Waals surface area contributed by atoms with Crippen LogP contribution in [-0.4, -0.2) is 28.2 Å². The van der Waals surface area contributed by atoms with Gasteiger partial charge in [-0.3, -0.25) is 9.59 Å². The molecule has 27 heavy (non-hydrogen) atoms. The first-order valence-electron chi connectivity index (χ1n) is 8.34. The molecule has 1 unspecified atom stereocenters. The molecule has 0 saturated carbocycles. The van der Waals surface area contributed by atoms with Crippen molar-refractivity contribution in [1.82, 2.24) is 4.90 Å². The van der Waals surface area contributed by atoms with Crippen molar-refractivity contribution in [2.45, 2.75) is 19.4 Å². The molecule has 1 aliphatic rings. The molecule has 0 spiro atoms. The second-order valence-corrected chi connectivity index (χ2v) is 6.99. The topological polar surface area (TPSA) is 57.6 Å². The summed E-state index contributed by atoms with van der Waals surface area (Å²) in [4.78, 5) is 26.6. The van der Waals surface area contributed by atoms with Gasteiger partial charge < -0.3 is 10.0 Å². The lowest BCUT2D eigenvalue weighted by atomic mass is 9.95. The number of nitrogens with zero attached hydrogens (tertiary/aromatic N) is 1. The molecule has 1 amide bonds. The van der Waals surface area contributed by atoms with Crippen molar-refractivity contribution >= 4 is 40.7 Å². The molecule has 1 atom stereocenters. The molecular weight excluding hydrogens is 392 g/mol. The van der Waals surface area contributed by atoms with E-state index in [4.69, 9.17) is 23.2 Å². The predicted octanol–water partition coefficient (Wildman–Crippen LogP) is 4.96. The molecule has 1 saturated heterocycles. The first-order valence-corrected chi connectivity index (χ1v) is 9.10. The zero-order valence-electron chi connectivity index (χ0n) is 14.4. The van der Waals surface area contributed by atoms with Crippen LogP contribution < -0.4 is 0 Å². The zero-order chi connectivity index (χ0) is 19.7. The molecule has 1 fully saturated rings. The van der Waals surface area contributed by atoms with Gasteiger partial charge in [0, 0.05) is 12.1 Å². The van der Waals surface area contributed by atoms with Crippen molar-refractivity contribution in [1.29, 1.82) is 0 Å². The van der Waals surface area contributed by atoms with E-state index in [-0.39, 0.29) is 21.9 Å². The molecule has 140 valence electrons. The van der Waals surface area contributed by atoms with Crippen LogP contribution in [0.25, 0.3) is 5.76 Å². The first-order chi connectivity index (χ1) is 12.8. The van der Waals surface area contributed by atoms with Gasteiger partial charge in [-0.05, 0) is 48.4 Å². The van der Waals surface area contributed by atoms with Crippen molar-refractivity contribution in [2.75, 3.05) is 6.54 Å². The molecule has 1 aliphatic heterocycles. The van der Waals surface area contributed by atoms with E-state index in [1.807, 2.05) is 6.92 Å². The highest BCUT2D eigenvalue weighted by Gasteiger charge is 2.45. The molecule has 2 aromatic rings. The summed E-state index contributed by atoms with van der Waals surface area (Å²) in [5.74, 6) is -2.32. The minimum atomic E-state index is -0.801.